The minimum Gasteiger partial charge on any atom is -0.348 e. The second-order valence-electron chi connectivity index (χ2n) is 6.14. The van der Waals surface area contributed by atoms with Crippen LogP contribution in [-0.4, -0.2) is 24.9 Å². The highest BCUT2D eigenvalue weighted by Crippen LogP contribution is 2.18. The average Bonchev–Trinajstić information content (AvgIpc) is 2.53. The van der Waals surface area contributed by atoms with E-state index in [2.05, 4.69) is 31.5 Å². The Morgan fingerprint density at radius 1 is 1.12 bits per heavy atom. The normalized spacial score (nSPS) is 10.7. The predicted molar refractivity (Wildman–Crippen MR) is 92.0 cm³/mol. The molecule has 0 aromatic heterocycles. The molecule has 2 aromatic carbocycles. The Balaban J connectivity index is 1.98. The lowest BCUT2D eigenvalue weighted by Gasteiger charge is -2.09. The fourth-order valence-electron chi connectivity index (χ4n) is 2.47. The van der Waals surface area contributed by atoms with Crippen molar-refractivity contribution in [2.24, 2.45) is 0 Å². The molecule has 2 aromatic rings. The SMILES string of the molecule is Cc1cc(C(=O)NCc2ccc(C[NH+](C)C)cc2)ccc1[N+](=O)[O-]. The van der Waals surface area contributed by atoms with Gasteiger partial charge in [0.25, 0.3) is 11.6 Å². The van der Waals surface area contributed by atoms with Crippen molar-refractivity contribution < 1.29 is 14.6 Å². The summed E-state index contributed by atoms with van der Waals surface area (Å²) in [5.41, 5.74) is 3.18. The monoisotopic (exact) mass is 328 g/mol. The van der Waals surface area contributed by atoms with Crippen LogP contribution in [0.3, 0.4) is 0 Å². The van der Waals surface area contributed by atoms with E-state index in [0.717, 1.165) is 12.1 Å². The molecule has 6 nitrogen and oxygen atoms in total. The average molecular weight is 328 g/mol. The summed E-state index contributed by atoms with van der Waals surface area (Å²) in [6.07, 6.45) is 0. The zero-order chi connectivity index (χ0) is 17.7. The number of hydrogen-bond acceptors (Lipinski definition) is 3. The van der Waals surface area contributed by atoms with E-state index >= 15 is 0 Å². The molecule has 126 valence electrons. The summed E-state index contributed by atoms with van der Waals surface area (Å²) in [5, 5.41) is 13.6. The molecule has 0 aliphatic carbocycles. The molecular weight excluding hydrogens is 306 g/mol. The molecule has 0 spiro atoms. The van der Waals surface area contributed by atoms with Crippen LogP contribution in [0.15, 0.2) is 42.5 Å². The first-order chi connectivity index (χ1) is 11.4. The molecule has 0 radical (unpaired) electrons. The smallest absolute Gasteiger partial charge is 0.272 e. The third-order valence-electron chi connectivity index (χ3n) is 3.69. The summed E-state index contributed by atoms with van der Waals surface area (Å²) in [6, 6.07) is 12.5. The van der Waals surface area contributed by atoms with Crippen LogP contribution in [0.1, 0.15) is 27.0 Å². The van der Waals surface area contributed by atoms with E-state index in [9.17, 15) is 14.9 Å². The molecule has 0 aliphatic heterocycles. The van der Waals surface area contributed by atoms with Crippen molar-refractivity contribution in [3.05, 3.63) is 74.8 Å². The van der Waals surface area contributed by atoms with Crippen molar-refractivity contribution in [2.75, 3.05) is 14.1 Å². The van der Waals surface area contributed by atoms with Gasteiger partial charge in [-0.2, -0.15) is 0 Å². The summed E-state index contributed by atoms with van der Waals surface area (Å²) < 4.78 is 0. The zero-order valence-electron chi connectivity index (χ0n) is 14.1. The highest BCUT2D eigenvalue weighted by molar-refractivity contribution is 5.94. The van der Waals surface area contributed by atoms with Gasteiger partial charge in [0.2, 0.25) is 0 Å². The van der Waals surface area contributed by atoms with Crippen molar-refractivity contribution in [3.8, 4) is 0 Å². The van der Waals surface area contributed by atoms with Gasteiger partial charge in [0.05, 0.1) is 19.0 Å². The van der Waals surface area contributed by atoms with Crippen LogP contribution in [0.2, 0.25) is 0 Å². The Bertz CT molecular complexity index is 740. The van der Waals surface area contributed by atoms with E-state index in [1.165, 1.54) is 28.7 Å². The maximum Gasteiger partial charge on any atom is 0.272 e. The Labute approximate surface area is 141 Å². The number of nitro groups is 1. The standard InChI is InChI=1S/C18H21N3O3/c1-13-10-16(8-9-17(13)21(23)24)18(22)19-11-14-4-6-15(7-5-14)12-20(2)3/h4-10H,11-12H2,1-3H3,(H,19,22)/p+1. The van der Waals surface area contributed by atoms with Crippen molar-refractivity contribution >= 4 is 11.6 Å². The van der Waals surface area contributed by atoms with E-state index in [-0.39, 0.29) is 11.6 Å². The molecular formula is C18H22N3O3+. The van der Waals surface area contributed by atoms with E-state index in [0.29, 0.717) is 17.7 Å². The van der Waals surface area contributed by atoms with Crippen LogP contribution in [0, 0.1) is 17.0 Å². The first kappa shape index (κ1) is 17.6. The van der Waals surface area contributed by atoms with Gasteiger partial charge in [-0.05, 0) is 24.6 Å². The highest BCUT2D eigenvalue weighted by Gasteiger charge is 2.13. The maximum atomic E-state index is 12.2. The van der Waals surface area contributed by atoms with Gasteiger partial charge in [0, 0.05) is 29.3 Å². The van der Waals surface area contributed by atoms with Crippen LogP contribution in [0.25, 0.3) is 0 Å². The van der Waals surface area contributed by atoms with Gasteiger partial charge in [0.15, 0.2) is 0 Å². The number of nitro benzene ring substituents is 1. The highest BCUT2D eigenvalue weighted by atomic mass is 16.6. The predicted octanol–water partition coefficient (Wildman–Crippen LogP) is 1.48. The molecule has 6 heteroatoms. The van der Waals surface area contributed by atoms with Gasteiger partial charge in [-0.25, -0.2) is 0 Å². The molecule has 2 N–H and O–H groups in total. The van der Waals surface area contributed by atoms with Crippen molar-refractivity contribution in [1.82, 2.24) is 5.32 Å². The van der Waals surface area contributed by atoms with Crippen LogP contribution in [0.4, 0.5) is 5.69 Å². The molecule has 1 amide bonds. The van der Waals surface area contributed by atoms with Crippen molar-refractivity contribution in [2.45, 2.75) is 20.0 Å². The van der Waals surface area contributed by atoms with Crippen LogP contribution in [0.5, 0.6) is 0 Å². The molecule has 0 fully saturated rings. The third-order valence-corrected chi connectivity index (χ3v) is 3.69. The van der Waals surface area contributed by atoms with E-state index in [4.69, 9.17) is 0 Å². The number of aryl methyl sites for hydroxylation is 1. The third kappa shape index (κ3) is 4.63. The number of carbonyl (C=O) groups excluding carboxylic acids is 1. The van der Waals surface area contributed by atoms with Crippen molar-refractivity contribution in [1.29, 1.82) is 0 Å². The fraction of sp³-hybridized carbons (Fsp3) is 0.278. The molecule has 24 heavy (non-hydrogen) atoms. The van der Waals surface area contributed by atoms with Gasteiger partial charge >= 0.3 is 0 Å². The van der Waals surface area contributed by atoms with Crippen LogP contribution >= 0.6 is 0 Å². The molecule has 0 saturated heterocycles. The van der Waals surface area contributed by atoms with Crippen LogP contribution in [-0.2, 0) is 13.1 Å². The molecule has 0 aliphatic rings. The molecule has 0 bridgehead atoms. The lowest BCUT2D eigenvalue weighted by molar-refractivity contribution is -0.872. The summed E-state index contributed by atoms with van der Waals surface area (Å²) >= 11 is 0. The van der Waals surface area contributed by atoms with Gasteiger partial charge in [-0.3, -0.25) is 14.9 Å². The fourth-order valence-corrected chi connectivity index (χ4v) is 2.47. The van der Waals surface area contributed by atoms with E-state index < -0.39 is 4.92 Å². The zero-order valence-corrected chi connectivity index (χ0v) is 14.1. The first-order valence-corrected chi connectivity index (χ1v) is 7.77. The van der Waals surface area contributed by atoms with Gasteiger partial charge in [0.1, 0.15) is 6.54 Å². The number of quaternary nitrogens is 1. The van der Waals surface area contributed by atoms with E-state index in [1.807, 2.05) is 12.1 Å². The number of nitrogens with one attached hydrogen (secondary N) is 2. The lowest BCUT2D eigenvalue weighted by Crippen LogP contribution is -3.04. The summed E-state index contributed by atoms with van der Waals surface area (Å²) in [4.78, 5) is 23.9. The number of benzene rings is 2. The van der Waals surface area contributed by atoms with Gasteiger partial charge < -0.3 is 10.2 Å². The summed E-state index contributed by atoms with van der Waals surface area (Å²) in [7, 11) is 4.20. The Morgan fingerprint density at radius 2 is 1.75 bits per heavy atom. The number of carbonyl (C=O) groups is 1. The maximum absolute atomic E-state index is 12.2. The van der Waals surface area contributed by atoms with Crippen LogP contribution < -0.4 is 10.2 Å². The molecule has 0 unspecified atom stereocenters. The summed E-state index contributed by atoms with van der Waals surface area (Å²) in [5.74, 6) is -0.241. The minimum atomic E-state index is -0.450. The Morgan fingerprint density at radius 3 is 2.29 bits per heavy atom. The summed E-state index contributed by atoms with van der Waals surface area (Å²) in [6.45, 7) is 3.00. The van der Waals surface area contributed by atoms with Gasteiger partial charge in [-0.15, -0.1) is 0 Å². The largest absolute Gasteiger partial charge is 0.348 e. The Hall–Kier alpha value is -2.73. The number of amides is 1. The number of nitrogens with zero attached hydrogens (tertiary/aromatic N) is 1. The van der Waals surface area contributed by atoms with Crippen molar-refractivity contribution in [3.63, 3.8) is 0 Å². The number of rotatable bonds is 6. The Kier molecular flexibility index (Phi) is 5.65. The quantitative estimate of drug-likeness (QED) is 0.623. The minimum absolute atomic E-state index is 0.0187. The number of hydrogen-bond donors (Lipinski definition) is 2. The topological polar surface area (TPSA) is 76.7 Å². The second-order valence-corrected chi connectivity index (χ2v) is 6.14. The lowest BCUT2D eigenvalue weighted by atomic mass is 10.1. The molecule has 0 heterocycles. The molecule has 0 saturated carbocycles. The molecule has 0 atom stereocenters. The van der Waals surface area contributed by atoms with Gasteiger partial charge in [-0.1, -0.05) is 24.3 Å². The first-order valence-electron chi connectivity index (χ1n) is 7.77. The molecule has 2 rings (SSSR count). The second kappa shape index (κ2) is 7.70. The van der Waals surface area contributed by atoms with E-state index in [1.54, 1.807) is 6.92 Å².